The molecule has 0 saturated heterocycles. The molecule has 0 aromatic heterocycles. The van der Waals surface area contributed by atoms with E-state index in [-0.39, 0.29) is 35.9 Å². The molecule has 0 radical (unpaired) electrons. The minimum atomic E-state index is -0.403. The van der Waals surface area contributed by atoms with Gasteiger partial charge in [-0.05, 0) is 0 Å². The molecular weight excluding hydrogens is 458 g/mol. The zero-order chi connectivity index (χ0) is 18.8. The second kappa shape index (κ2) is 10.7. The molecule has 0 bridgehead atoms. The predicted octanol–water partition coefficient (Wildman–Crippen LogP) is 2.25. The summed E-state index contributed by atoms with van der Waals surface area (Å²) in [4.78, 5) is 14.5. The molecule has 3 nitrogen and oxygen atoms in total. The predicted molar refractivity (Wildman–Crippen MR) is 108 cm³/mol. The van der Waals surface area contributed by atoms with Gasteiger partial charge in [0.15, 0.2) is 0 Å². The van der Waals surface area contributed by atoms with Crippen LogP contribution in [-0.2, 0) is 14.3 Å². The van der Waals surface area contributed by atoms with Crippen LogP contribution in [0.5, 0.6) is 0 Å². The standard InChI is InChI=1S/C21H24O3Se2/c1-4-24-20(22)17(16-25-18-11-7-5-8-12-18)15-21(2,23-3)26-19-13-9-6-10-14-19/h5-14,16H,4,15H2,1-3H3/b17-16-. The van der Waals surface area contributed by atoms with E-state index in [1.807, 2.05) is 48.3 Å². The van der Waals surface area contributed by atoms with Gasteiger partial charge in [-0.1, -0.05) is 0 Å². The average molecular weight is 482 g/mol. The SMILES string of the molecule is CCOC(=O)/C(=C\[Se]c1ccccc1)CC(C)(OC)[Se]c1ccccc1. The molecule has 2 aromatic rings. The van der Waals surface area contributed by atoms with Crippen LogP contribution in [0.2, 0.25) is 0 Å². The zero-order valence-electron chi connectivity index (χ0n) is 15.3. The van der Waals surface area contributed by atoms with Crippen LogP contribution in [-0.4, -0.2) is 54.1 Å². The molecule has 0 N–H and O–H groups in total. The van der Waals surface area contributed by atoms with E-state index in [1.54, 1.807) is 7.11 Å². The van der Waals surface area contributed by atoms with E-state index in [0.29, 0.717) is 18.6 Å². The van der Waals surface area contributed by atoms with Crippen LogP contribution in [0.15, 0.2) is 71.2 Å². The number of esters is 1. The molecule has 0 spiro atoms. The van der Waals surface area contributed by atoms with Gasteiger partial charge in [0.25, 0.3) is 0 Å². The molecule has 0 heterocycles. The molecule has 2 rings (SSSR count). The monoisotopic (exact) mass is 484 g/mol. The number of benzene rings is 2. The molecule has 2 aromatic carbocycles. The quantitative estimate of drug-likeness (QED) is 0.313. The van der Waals surface area contributed by atoms with E-state index >= 15 is 0 Å². The van der Waals surface area contributed by atoms with Crippen LogP contribution >= 0.6 is 0 Å². The van der Waals surface area contributed by atoms with Crippen LogP contribution in [0.25, 0.3) is 0 Å². The molecule has 0 aliphatic heterocycles. The van der Waals surface area contributed by atoms with E-state index in [1.165, 1.54) is 8.92 Å². The zero-order valence-corrected chi connectivity index (χ0v) is 18.7. The van der Waals surface area contributed by atoms with Crippen LogP contribution in [0.4, 0.5) is 0 Å². The van der Waals surface area contributed by atoms with Crippen LogP contribution in [0, 0.1) is 0 Å². The Morgan fingerprint density at radius 2 is 1.62 bits per heavy atom. The topological polar surface area (TPSA) is 35.5 Å². The fourth-order valence-corrected chi connectivity index (χ4v) is 6.19. The molecule has 1 unspecified atom stereocenters. The number of carbonyl (C=O) groups is 1. The number of ether oxygens (including phenoxy) is 2. The number of carbonyl (C=O) groups excluding carboxylic acids is 1. The molecule has 138 valence electrons. The van der Waals surface area contributed by atoms with Crippen molar-refractivity contribution in [1.29, 1.82) is 0 Å². The van der Waals surface area contributed by atoms with Crippen molar-refractivity contribution >= 4 is 44.8 Å². The van der Waals surface area contributed by atoms with E-state index in [2.05, 4.69) is 31.2 Å². The number of hydrogen-bond acceptors (Lipinski definition) is 3. The Labute approximate surface area is 168 Å². The first-order valence-corrected chi connectivity index (χ1v) is 12.0. The van der Waals surface area contributed by atoms with Crippen molar-refractivity contribution in [3.8, 4) is 0 Å². The van der Waals surface area contributed by atoms with Gasteiger partial charge in [0.1, 0.15) is 0 Å². The summed E-state index contributed by atoms with van der Waals surface area (Å²) < 4.78 is 13.2. The van der Waals surface area contributed by atoms with E-state index < -0.39 is 4.50 Å². The van der Waals surface area contributed by atoms with Gasteiger partial charge in [0.05, 0.1) is 0 Å². The molecule has 26 heavy (non-hydrogen) atoms. The van der Waals surface area contributed by atoms with Crippen LogP contribution < -0.4 is 8.92 Å². The summed E-state index contributed by atoms with van der Waals surface area (Å²) in [6.45, 7) is 4.28. The second-order valence-corrected chi connectivity index (χ2v) is 10.9. The van der Waals surface area contributed by atoms with Crippen LogP contribution in [0.1, 0.15) is 20.3 Å². The average Bonchev–Trinajstić information content (AvgIpc) is 2.67. The van der Waals surface area contributed by atoms with Crippen molar-refractivity contribution in [2.24, 2.45) is 0 Å². The van der Waals surface area contributed by atoms with Crippen molar-refractivity contribution in [3.05, 3.63) is 71.2 Å². The van der Waals surface area contributed by atoms with E-state index in [4.69, 9.17) is 9.47 Å². The fraction of sp³-hybridized carbons (Fsp3) is 0.286. The van der Waals surface area contributed by atoms with Crippen molar-refractivity contribution in [3.63, 3.8) is 0 Å². The molecule has 5 heteroatoms. The Kier molecular flexibility index (Phi) is 8.64. The van der Waals surface area contributed by atoms with Crippen molar-refractivity contribution < 1.29 is 14.3 Å². The molecule has 0 aliphatic rings. The van der Waals surface area contributed by atoms with Crippen molar-refractivity contribution in [2.75, 3.05) is 13.7 Å². The first kappa shape index (κ1) is 21.0. The normalized spacial score (nSPS) is 13.9. The molecule has 0 fully saturated rings. The Morgan fingerprint density at radius 1 is 1.04 bits per heavy atom. The third-order valence-corrected chi connectivity index (χ3v) is 8.25. The number of hydrogen-bond donors (Lipinski definition) is 0. The first-order valence-electron chi connectivity index (χ1n) is 8.43. The van der Waals surface area contributed by atoms with Gasteiger partial charge >= 0.3 is 169 Å². The fourth-order valence-electron chi connectivity index (χ4n) is 2.26. The number of methoxy groups -OCH3 is 1. The Balaban J connectivity index is 2.18. The van der Waals surface area contributed by atoms with Gasteiger partial charge in [0.2, 0.25) is 0 Å². The Bertz CT molecular complexity index is 717. The number of rotatable bonds is 9. The maximum atomic E-state index is 12.5. The summed E-state index contributed by atoms with van der Waals surface area (Å²) in [7, 11) is 1.72. The van der Waals surface area contributed by atoms with Gasteiger partial charge in [-0.15, -0.1) is 0 Å². The first-order chi connectivity index (χ1) is 12.6. The summed E-state index contributed by atoms with van der Waals surface area (Å²) in [5, 5.41) is 0. The van der Waals surface area contributed by atoms with E-state index in [9.17, 15) is 4.79 Å². The Morgan fingerprint density at radius 3 is 2.15 bits per heavy atom. The van der Waals surface area contributed by atoms with Gasteiger partial charge in [-0.3, -0.25) is 0 Å². The summed E-state index contributed by atoms with van der Waals surface area (Å²) >= 11 is 0.159. The van der Waals surface area contributed by atoms with Gasteiger partial charge in [-0.25, -0.2) is 0 Å². The van der Waals surface area contributed by atoms with Gasteiger partial charge in [-0.2, -0.15) is 0 Å². The maximum absolute atomic E-state index is 12.5. The molecule has 0 aliphatic carbocycles. The molecule has 0 saturated carbocycles. The van der Waals surface area contributed by atoms with Crippen molar-refractivity contribution in [1.82, 2.24) is 0 Å². The summed E-state index contributed by atoms with van der Waals surface area (Å²) in [5.41, 5.74) is 0.706. The van der Waals surface area contributed by atoms with E-state index in [0.717, 1.165) is 0 Å². The molecular formula is C21H24O3Se2. The second-order valence-electron chi connectivity index (χ2n) is 5.72. The summed E-state index contributed by atoms with van der Waals surface area (Å²) in [5.74, 6) is -0.238. The van der Waals surface area contributed by atoms with Gasteiger partial charge in [0, 0.05) is 0 Å². The Hall–Kier alpha value is -1.35. The molecule has 1 atom stereocenters. The van der Waals surface area contributed by atoms with Gasteiger partial charge < -0.3 is 0 Å². The van der Waals surface area contributed by atoms with Crippen LogP contribution in [0.3, 0.4) is 0 Å². The third-order valence-electron chi connectivity index (χ3n) is 3.64. The summed E-state index contributed by atoms with van der Waals surface area (Å²) in [6, 6.07) is 20.5. The molecule has 0 amide bonds. The summed E-state index contributed by atoms with van der Waals surface area (Å²) in [6.07, 6.45) is 0.547. The van der Waals surface area contributed by atoms with Crippen molar-refractivity contribution in [2.45, 2.75) is 24.8 Å². The third kappa shape index (κ3) is 6.75. The minimum absolute atomic E-state index is 0.0777.